The van der Waals surface area contributed by atoms with Crippen molar-refractivity contribution in [1.82, 2.24) is 5.32 Å². The number of carbonyl (C=O) groups excluding carboxylic acids is 1. The highest BCUT2D eigenvalue weighted by Crippen LogP contribution is 2.22. The van der Waals surface area contributed by atoms with Gasteiger partial charge in [0.15, 0.2) is 0 Å². The van der Waals surface area contributed by atoms with Gasteiger partial charge in [0.2, 0.25) is 6.41 Å². The minimum Gasteiger partial charge on any atom is -0.372 e. The normalized spacial score (nSPS) is 15.6. The molecule has 1 aliphatic carbocycles. The average Bonchev–Trinajstić information content (AvgIpc) is 2.24. The number of rotatable bonds is 2. The summed E-state index contributed by atoms with van der Waals surface area (Å²) in [6, 6.07) is 0. The average molecular weight is 202 g/mol. The number of nitrogens with two attached hydrogens (primary N) is 1. The van der Waals surface area contributed by atoms with Crippen LogP contribution in [-0.4, -0.2) is 20.0 Å². The van der Waals surface area contributed by atoms with E-state index in [-0.39, 0.29) is 6.41 Å². The van der Waals surface area contributed by atoms with E-state index in [9.17, 15) is 0 Å². The highest BCUT2D eigenvalue weighted by Gasteiger charge is 2.11. The summed E-state index contributed by atoms with van der Waals surface area (Å²) in [5, 5.41) is 3.24. The van der Waals surface area contributed by atoms with Crippen molar-refractivity contribution in [2.45, 2.75) is 46.0 Å². The molecule has 3 N–H and O–H groups in total. The van der Waals surface area contributed by atoms with Crippen LogP contribution in [0.2, 0.25) is 0 Å². The zero-order chi connectivity index (χ0) is 11.2. The van der Waals surface area contributed by atoms with Crippen molar-refractivity contribution in [3.63, 3.8) is 0 Å². The lowest BCUT2D eigenvalue weighted by Gasteiger charge is -2.20. The largest absolute Gasteiger partial charge is 0.372 e. The second-order valence-electron chi connectivity index (χ2n) is 3.20. The second-order valence-corrected chi connectivity index (χ2v) is 3.20. The molecule has 3 nitrogen and oxygen atoms in total. The van der Waals surface area contributed by atoms with Crippen molar-refractivity contribution in [3.05, 3.63) is 0 Å². The zero-order valence-corrected chi connectivity index (χ0v) is 9.88. The van der Waals surface area contributed by atoms with E-state index in [0.29, 0.717) is 0 Å². The van der Waals surface area contributed by atoms with Gasteiger partial charge in [0, 0.05) is 0 Å². The predicted molar refractivity (Wildman–Crippen MR) is 62.1 cm³/mol. The van der Waals surface area contributed by atoms with Crippen molar-refractivity contribution < 1.29 is 4.79 Å². The fourth-order valence-electron chi connectivity index (χ4n) is 1.68. The molecule has 1 saturated carbocycles. The van der Waals surface area contributed by atoms with Crippen LogP contribution in [0.15, 0.2) is 0 Å². The quantitative estimate of drug-likeness (QED) is 0.672. The van der Waals surface area contributed by atoms with Crippen LogP contribution in [0.25, 0.3) is 0 Å². The molecule has 0 saturated heterocycles. The molecule has 86 valence electrons. The highest BCUT2D eigenvalue weighted by molar-refractivity contribution is 5.42. The maximum atomic E-state index is 8.58. The minimum absolute atomic E-state index is 0.250. The number of amides is 1. The molecule has 1 amide bonds. The first-order chi connectivity index (χ1) is 6.85. The summed E-state index contributed by atoms with van der Waals surface area (Å²) in [6.07, 6.45) is 7.57. The topological polar surface area (TPSA) is 55.1 Å². The SMILES string of the molecule is CC.CNCC1CCCCC1.NC=O. The molecule has 0 heterocycles. The van der Waals surface area contributed by atoms with Gasteiger partial charge in [0.1, 0.15) is 0 Å². The lowest BCUT2D eigenvalue weighted by atomic mass is 9.89. The van der Waals surface area contributed by atoms with Gasteiger partial charge in [-0.05, 0) is 32.4 Å². The van der Waals surface area contributed by atoms with Crippen LogP contribution in [-0.2, 0) is 4.79 Å². The van der Waals surface area contributed by atoms with Crippen LogP contribution in [0, 0.1) is 5.92 Å². The molecule has 0 unspecified atom stereocenters. The third-order valence-electron chi connectivity index (χ3n) is 2.22. The molecular formula is C11H26N2O. The Kier molecular flexibility index (Phi) is 16.9. The van der Waals surface area contributed by atoms with Crippen molar-refractivity contribution in [3.8, 4) is 0 Å². The second kappa shape index (κ2) is 14.9. The Labute approximate surface area is 88.4 Å². The van der Waals surface area contributed by atoms with E-state index in [0.717, 1.165) is 5.92 Å². The van der Waals surface area contributed by atoms with Gasteiger partial charge in [-0.15, -0.1) is 0 Å². The molecule has 0 radical (unpaired) electrons. The smallest absolute Gasteiger partial charge is 0.204 e. The molecule has 0 spiro atoms. The van der Waals surface area contributed by atoms with Crippen molar-refractivity contribution in [1.29, 1.82) is 0 Å². The summed E-state index contributed by atoms with van der Waals surface area (Å²) in [4.78, 5) is 8.58. The minimum atomic E-state index is 0.250. The Morgan fingerprint density at radius 3 is 2.07 bits per heavy atom. The molecule has 0 aliphatic heterocycles. The lowest BCUT2D eigenvalue weighted by Crippen LogP contribution is -2.20. The highest BCUT2D eigenvalue weighted by atomic mass is 16.1. The fraction of sp³-hybridized carbons (Fsp3) is 0.909. The summed E-state index contributed by atoms with van der Waals surface area (Å²) >= 11 is 0. The van der Waals surface area contributed by atoms with Crippen molar-refractivity contribution >= 4 is 6.41 Å². The third-order valence-corrected chi connectivity index (χ3v) is 2.22. The summed E-state index contributed by atoms with van der Waals surface area (Å²) in [5.41, 5.74) is 4.17. The lowest BCUT2D eigenvalue weighted by molar-refractivity contribution is -0.106. The molecule has 14 heavy (non-hydrogen) atoms. The Morgan fingerprint density at radius 1 is 1.29 bits per heavy atom. The van der Waals surface area contributed by atoms with E-state index in [2.05, 4.69) is 18.1 Å². The van der Waals surface area contributed by atoms with E-state index in [1.807, 2.05) is 13.8 Å². The van der Waals surface area contributed by atoms with Crippen LogP contribution in [0.3, 0.4) is 0 Å². The molecule has 1 aliphatic rings. The number of hydrogen-bond donors (Lipinski definition) is 2. The molecule has 0 aromatic carbocycles. The number of hydrogen-bond acceptors (Lipinski definition) is 2. The van der Waals surface area contributed by atoms with Gasteiger partial charge in [0.05, 0.1) is 0 Å². The van der Waals surface area contributed by atoms with Crippen LogP contribution >= 0.6 is 0 Å². The maximum Gasteiger partial charge on any atom is 0.204 e. The standard InChI is InChI=1S/C8H17N.C2H6.CH3NO/c1-9-7-8-5-3-2-4-6-8;1-2;2-1-3/h8-9H,2-7H2,1H3;1-2H3;1H,(H2,2,3). The van der Waals surface area contributed by atoms with Crippen LogP contribution in [0.4, 0.5) is 0 Å². The van der Waals surface area contributed by atoms with Gasteiger partial charge in [0.25, 0.3) is 0 Å². The van der Waals surface area contributed by atoms with Gasteiger partial charge in [-0.1, -0.05) is 33.1 Å². The molecule has 0 aromatic rings. The molecule has 1 fully saturated rings. The van der Waals surface area contributed by atoms with Crippen molar-refractivity contribution in [2.24, 2.45) is 11.7 Å². The first-order valence-electron chi connectivity index (χ1n) is 5.65. The Balaban J connectivity index is 0. The molecule has 0 atom stereocenters. The monoisotopic (exact) mass is 202 g/mol. The Hall–Kier alpha value is -0.570. The molecule has 0 aromatic heterocycles. The van der Waals surface area contributed by atoms with E-state index in [1.54, 1.807) is 0 Å². The summed E-state index contributed by atoms with van der Waals surface area (Å²) in [7, 11) is 2.05. The number of carbonyl (C=O) groups is 1. The third kappa shape index (κ3) is 11.4. The van der Waals surface area contributed by atoms with E-state index >= 15 is 0 Å². The summed E-state index contributed by atoms with van der Waals surface area (Å²) < 4.78 is 0. The molecule has 0 bridgehead atoms. The number of nitrogens with one attached hydrogen (secondary N) is 1. The predicted octanol–water partition coefficient (Wildman–Crippen LogP) is 1.91. The molecular weight excluding hydrogens is 176 g/mol. The van der Waals surface area contributed by atoms with Gasteiger partial charge in [-0.3, -0.25) is 4.79 Å². The van der Waals surface area contributed by atoms with E-state index in [1.165, 1.54) is 38.6 Å². The van der Waals surface area contributed by atoms with Gasteiger partial charge in [-0.2, -0.15) is 0 Å². The maximum absolute atomic E-state index is 8.58. The Bertz CT molecular complexity index is 98.7. The van der Waals surface area contributed by atoms with E-state index < -0.39 is 0 Å². The molecule has 1 rings (SSSR count). The fourth-order valence-corrected chi connectivity index (χ4v) is 1.68. The first-order valence-corrected chi connectivity index (χ1v) is 5.65. The molecule has 3 heteroatoms. The van der Waals surface area contributed by atoms with Gasteiger partial charge in [-0.25, -0.2) is 0 Å². The zero-order valence-electron chi connectivity index (χ0n) is 9.88. The van der Waals surface area contributed by atoms with Gasteiger partial charge >= 0.3 is 0 Å². The Morgan fingerprint density at radius 2 is 1.71 bits per heavy atom. The van der Waals surface area contributed by atoms with Gasteiger partial charge < -0.3 is 11.1 Å². The number of primary amides is 1. The van der Waals surface area contributed by atoms with Crippen molar-refractivity contribution in [2.75, 3.05) is 13.6 Å². The van der Waals surface area contributed by atoms with Crippen LogP contribution in [0.1, 0.15) is 46.0 Å². The summed E-state index contributed by atoms with van der Waals surface area (Å²) in [5.74, 6) is 0.990. The van der Waals surface area contributed by atoms with Crippen LogP contribution < -0.4 is 11.1 Å². The van der Waals surface area contributed by atoms with Crippen LogP contribution in [0.5, 0.6) is 0 Å². The summed E-state index contributed by atoms with van der Waals surface area (Å²) in [6.45, 7) is 5.24. The van der Waals surface area contributed by atoms with E-state index in [4.69, 9.17) is 4.79 Å². The first kappa shape index (κ1) is 15.9.